The van der Waals surface area contributed by atoms with Gasteiger partial charge >= 0.3 is 6.03 Å². The number of carbonyl (C=O) groups excluding carboxylic acids is 1. The van der Waals surface area contributed by atoms with Crippen LogP contribution in [0.25, 0.3) is 0 Å². The molecule has 1 aromatic carbocycles. The van der Waals surface area contributed by atoms with Gasteiger partial charge in [0.25, 0.3) is 0 Å². The summed E-state index contributed by atoms with van der Waals surface area (Å²) in [5.74, 6) is 0. The first kappa shape index (κ1) is 9.71. The Kier molecular flexibility index (Phi) is 2.00. The van der Waals surface area contributed by atoms with E-state index < -0.39 is 11.6 Å². The van der Waals surface area contributed by atoms with Gasteiger partial charge in [-0.3, -0.25) is 0 Å². The van der Waals surface area contributed by atoms with Gasteiger partial charge in [-0.1, -0.05) is 30.3 Å². The van der Waals surface area contributed by atoms with Crippen molar-refractivity contribution in [2.45, 2.75) is 19.4 Å². The lowest BCUT2D eigenvalue weighted by Crippen LogP contribution is -2.41. The fraction of sp³-hybridized carbons (Fsp3) is 0.273. The average Bonchev–Trinajstić information content (AvgIpc) is 2.45. The molecule has 1 N–H and O–H groups in total. The molecule has 1 aromatic rings. The molecule has 2 amide bonds. The first-order valence-corrected chi connectivity index (χ1v) is 4.74. The van der Waals surface area contributed by atoms with E-state index in [1.54, 1.807) is 6.92 Å². The molecule has 0 bridgehead atoms. The maximum absolute atomic E-state index is 11.4. The molecule has 0 fully saturated rings. The van der Waals surface area contributed by atoms with Crippen LogP contribution in [0.2, 0.25) is 0 Å². The number of hydrogen-bond donors (Lipinski definition) is 1. The molecule has 1 atom stereocenters. The summed E-state index contributed by atoms with van der Waals surface area (Å²) in [6.45, 7) is 3.49. The van der Waals surface area contributed by atoms with Crippen LogP contribution < -0.4 is 5.32 Å². The van der Waals surface area contributed by atoms with Gasteiger partial charge in [-0.05, 0) is 13.8 Å². The lowest BCUT2D eigenvalue weighted by atomic mass is 9.89. The Morgan fingerprint density at radius 2 is 1.93 bits per heavy atom. The van der Waals surface area contributed by atoms with Gasteiger partial charge in [0, 0.05) is 5.56 Å². The first-order valence-electron chi connectivity index (χ1n) is 4.74. The molecule has 78 valence electrons. The number of amides is 2. The van der Waals surface area contributed by atoms with E-state index in [4.69, 9.17) is 0 Å². The molecule has 0 spiro atoms. The summed E-state index contributed by atoms with van der Waals surface area (Å²) in [6.07, 6.45) is 0. The van der Waals surface area contributed by atoms with E-state index in [-0.39, 0.29) is 0 Å². The highest BCUT2D eigenvalue weighted by Crippen LogP contribution is 2.25. The lowest BCUT2D eigenvalue weighted by Gasteiger charge is -2.19. The Labute approximate surface area is 87.8 Å². The van der Waals surface area contributed by atoms with E-state index in [2.05, 4.69) is 5.32 Å². The minimum Gasteiger partial charge on any atom is -0.708 e. The van der Waals surface area contributed by atoms with Crippen molar-refractivity contribution in [2.75, 3.05) is 0 Å². The summed E-state index contributed by atoms with van der Waals surface area (Å²) in [5.41, 5.74) is 0.702. The largest absolute Gasteiger partial charge is 0.708 e. The van der Waals surface area contributed by atoms with E-state index >= 15 is 0 Å². The van der Waals surface area contributed by atoms with Crippen molar-refractivity contribution in [3.05, 3.63) is 41.1 Å². The van der Waals surface area contributed by atoms with Gasteiger partial charge in [-0.25, -0.2) is 5.32 Å². The highest BCUT2D eigenvalue weighted by molar-refractivity contribution is 5.98. The zero-order valence-electron chi connectivity index (χ0n) is 8.65. The standard InChI is InChI=1S/C11H12N2O2/c1-8-11(2,12-10(14)13(8)15)9-6-4-3-5-7-9/h3-7H,1-2H3,(H,12,14). The van der Waals surface area contributed by atoms with Crippen molar-refractivity contribution in [2.24, 2.45) is 0 Å². The molecule has 1 unspecified atom stereocenters. The van der Waals surface area contributed by atoms with Crippen LogP contribution in [0.1, 0.15) is 19.4 Å². The van der Waals surface area contributed by atoms with Crippen LogP contribution in [-0.2, 0) is 5.54 Å². The van der Waals surface area contributed by atoms with E-state index in [0.29, 0.717) is 10.5 Å². The minimum atomic E-state index is -0.680. The number of hydrogen-bond acceptors (Lipinski definition) is 2. The molecule has 1 heterocycles. The Morgan fingerprint density at radius 1 is 1.33 bits per heavy atom. The van der Waals surface area contributed by atoms with Crippen molar-refractivity contribution >= 4 is 11.7 Å². The van der Waals surface area contributed by atoms with Crippen molar-refractivity contribution in [3.8, 4) is 0 Å². The Morgan fingerprint density at radius 3 is 2.40 bits per heavy atom. The number of urea groups is 1. The van der Waals surface area contributed by atoms with Crippen molar-refractivity contribution in [1.82, 2.24) is 5.32 Å². The molecule has 0 saturated carbocycles. The smallest absolute Gasteiger partial charge is 0.495 e. The number of nitrogens with zero attached hydrogens (tertiary/aromatic N) is 1. The minimum absolute atomic E-state index is 0.410. The first-order chi connectivity index (χ1) is 7.05. The number of hydroxylamine groups is 1. The number of benzene rings is 1. The molecule has 0 aromatic heterocycles. The summed E-state index contributed by atoms with van der Waals surface area (Å²) in [6, 6.07) is 8.85. The molecular weight excluding hydrogens is 192 g/mol. The van der Waals surface area contributed by atoms with Crippen LogP contribution in [-0.4, -0.2) is 16.5 Å². The molecule has 0 radical (unpaired) electrons. The predicted molar refractivity (Wildman–Crippen MR) is 56.6 cm³/mol. The topological polar surface area (TPSA) is 55.2 Å². The maximum Gasteiger partial charge on any atom is 0.495 e. The average molecular weight is 204 g/mol. The molecule has 1 aliphatic heterocycles. The molecule has 0 aliphatic carbocycles. The van der Waals surface area contributed by atoms with Crippen LogP contribution >= 0.6 is 0 Å². The Hall–Kier alpha value is -1.84. The van der Waals surface area contributed by atoms with Gasteiger partial charge < -0.3 is 5.21 Å². The highest BCUT2D eigenvalue weighted by atomic mass is 16.5. The van der Waals surface area contributed by atoms with Gasteiger partial charge in [-0.2, -0.15) is 9.53 Å². The molecular formula is C11H12N2O2. The summed E-state index contributed by atoms with van der Waals surface area (Å²) in [4.78, 5) is 11.3. The van der Waals surface area contributed by atoms with Crippen molar-refractivity contribution in [1.29, 1.82) is 0 Å². The summed E-state index contributed by atoms with van der Waals surface area (Å²) in [7, 11) is 0. The van der Waals surface area contributed by atoms with Crippen LogP contribution in [0.4, 0.5) is 4.79 Å². The summed E-state index contributed by atoms with van der Waals surface area (Å²) < 4.78 is 0.410. The predicted octanol–water partition coefficient (Wildman–Crippen LogP) is 1.60. The number of carbonyl (C=O) groups is 1. The maximum atomic E-state index is 11.4. The summed E-state index contributed by atoms with van der Waals surface area (Å²) >= 11 is 0. The van der Waals surface area contributed by atoms with Gasteiger partial charge in [-0.15, -0.1) is 0 Å². The highest BCUT2D eigenvalue weighted by Gasteiger charge is 2.45. The fourth-order valence-corrected chi connectivity index (χ4v) is 1.76. The van der Waals surface area contributed by atoms with Crippen molar-refractivity contribution in [3.63, 3.8) is 0 Å². The van der Waals surface area contributed by atoms with E-state index in [1.165, 1.54) is 0 Å². The second-order valence-electron chi connectivity index (χ2n) is 3.80. The van der Waals surface area contributed by atoms with Gasteiger partial charge in [0.05, 0.1) is 0 Å². The van der Waals surface area contributed by atoms with Gasteiger partial charge in [0.1, 0.15) is 5.71 Å². The molecule has 15 heavy (non-hydrogen) atoms. The third kappa shape index (κ3) is 1.29. The van der Waals surface area contributed by atoms with E-state index in [1.807, 2.05) is 37.3 Å². The lowest BCUT2D eigenvalue weighted by molar-refractivity contribution is -0.344. The number of nitrogens with one attached hydrogen (secondary N) is 1. The second-order valence-corrected chi connectivity index (χ2v) is 3.80. The van der Waals surface area contributed by atoms with Crippen LogP contribution in [0.3, 0.4) is 0 Å². The van der Waals surface area contributed by atoms with Crippen molar-refractivity contribution < 1.29 is 9.53 Å². The van der Waals surface area contributed by atoms with E-state index in [0.717, 1.165) is 5.56 Å². The molecule has 4 heteroatoms. The third-order valence-corrected chi connectivity index (χ3v) is 2.92. The third-order valence-electron chi connectivity index (χ3n) is 2.92. The second kappa shape index (κ2) is 3.08. The molecule has 0 saturated heterocycles. The summed E-state index contributed by atoms with van der Waals surface area (Å²) in [5, 5.41) is 14.0. The van der Waals surface area contributed by atoms with Crippen LogP contribution in [0.5, 0.6) is 0 Å². The van der Waals surface area contributed by atoms with Gasteiger partial charge in [0.15, 0.2) is 5.54 Å². The van der Waals surface area contributed by atoms with Gasteiger partial charge in [0.2, 0.25) is 0 Å². The van der Waals surface area contributed by atoms with E-state index in [9.17, 15) is 10.0 Å². The zero-order valence-corrected chi connectivity index (χ0v) is 8.65. The normalized spacial score (nSPS) is 25.6. The van der Waals surface area contributed by atoms with Crippen LogP contribution in [0, 0.1) is 5.21 Å². The molecule has 2 rings (SSSR count). The zero-order chi connectivity index (χ0) is 11.1. The Bertz CT molecular complexity index is 439. The SMILES string of the molecule is CC1=[N+]([O-])C(=O)NC1(C)c1ccccc1. The quantitative estimate of drug-likeness (QED) is 0.558. The Balaban J connectivity index is 2.51. The fourth-order valence-electron chi connectivity index (χ4n) is 1.76. The van der Waals surface area contributed by atoms with Crippen LogP contribution in [0.15, 0.2) is 30.3 Å². The monoisotopic (exact) mass is 204 g/mol. The molecule has 1 aliphatic rings. The molecule has 4 nitrogen and oxygen atoms in total. The number of rotatable bonds is 1.